The molecule has 0 bridgehead atoms. The Labute approximate surface area is 143 Å². The molecule has 0 radical (unpaired) electrons. The van der Waals surface area contributed by atoms with Crippen LogP contribution in [0.25, 0.3) is 5.69 Å². The van der Waals surface area contributed by atoms with E-state index in [2.05, 4.69) is 22.7 Å². The third-order valence-electron chi connectivity index (χ3n) is 4.89. The highest BCUT2D eigenvalue weighted by Crippen LogP contribution is 2.24. The van der Waals surface area contributed by atoms with Crippen LogP contribution in [-0.4, -0.2) is 28.8 Å². The number of carbonyl (C=O) groups is 1. The first kappa shape index (κ1) is 16.7. The molecule has 3 rings (SSSR count). The van der Waals surface area contributed by atoms with Crippen LogP contribution >= 0.6 is 0 Å². The van der Waals surface area contributed by atoms with E-state index in [9.17, 15) is 4.79 Å². The summed E-state index contributed by atoms with van der Waals surface area (Å²) in [5.41, 5.74) is 2.13. The first-order chi connectivity index (χ1) is 11.7. The van der Waals surface area contributed by atoms with Gasteiger partial charge in [-0.2, -0.15) is 5.10 Å². The van der Waals surface area contributed by atoms with Crippen LogP contribution in [0.2, 0.25) is 0 Å². The average Bonchev–Trinajstić information content (AvgIpc) is 3.16. The second-order valence-electron chi connectivity index (χ2n) is 6.66. The molecule has 1 aromatic heterocycles. The van der Waals surface area contributed by atoms with Gasteiger partial charge in [-0.25, -0.2) is 4.68 Å². The highest BCUT2D eigenvalue weighted by molar-refractivity contribution is 5.76. The normalized spacial score (nSPS) is 16.7. The number of nitrogens with one attached hydrogen (secondary N) is 2. The molecule has 1 atom stereocenters. The van der Waals surface area contributed by atoms with Crippen molar-refractivity contribution in [3.8, 4) is 5.69 Å². The smallest absolute Gasteiger partial charge is 0.220 e. The number of benzene rings is 1. The van der Waals surface area contributed by atoms with E-state index in [0.29, 0.717) is 24.8 Å². The average molecular weight is 326 g/mol. The van der Waals surface area contributed by atoms with Gasteiger partial charge in [0.15, 0.2) is 0 Å². The minimum atomic E-state index is 0.150. The predicted octanol–water partition coefficient (Wildman–Crippen LogP) is 2.51. The molecular weight excluding hydrogens is 300 g/mol. The number of rotatable bonds is 6. The van der Waals surface area contributed by atoms with Gasteiger partial charge >= 0.3 is 0 Å². The van der Waals surface area contributed by atoms with Crippen molar-refractivity contribution >= 4 is 5.91 Å². The van der Waals surface area contributed by atoms with Crippen molar-refractivity contribution in [3.63, 3.8) is 0 Å². The Morgan fingerprint density at radius 1 is 1.33 bits per heavy atom. The van der Waals surface area contributed by atoms with Gasteiger partial charge < -0.3 is 10.6 Å². The maximum atomic E-state index is 12.2. The van der Waals surface area contributed by atoms with E-state index in [1.807, 2.05) is 41.2 Å². The van der Waals surface area contributed by atoms with E-state index in [-0.39, 0.29) is 5.91 Å². The van der Waals surface area contributed by atoms with Crippen LogP contribution in [0.4, 0.5) is 0 Å². The highest BCUT2D eigenvalue weighted by atomic mass is 16.1. The Hall–Kier alpha value is -2.14. The number of hydrogen-bond donors (Lipinski definition) is 2. The first-order valence-corrected chi connectivity index (χ1v) is 8.79. The molecule has 128 valence electrons. The molecule has 2 heterocycles. The lowest BCUT2D eigenvalue weighted by Gasteiger charge is -2.27. The quantitative estimate of drug-likeness (QED) is 0.857. The molecular formula is C19H26N4O. The lowest BCUT2D eigenvalue weighted by Crippen LogP contribution is -2.33. The van der Waals surface area contributed by atoms with E-state index in [4.69, 9.17) is 0 Å². The van der Waals surface area contributed by atoms with Crippen molar-refractivity contribution in [2.24, 2.45) is 11.8 Å². The minimum Gasteiger partial charge on any atom is -0.352 e. The molecule has 5 nitrogen and oxygen atoms in total. The second kappa shape index (κ2) is 8.11. The van der Waals surface area contributed by atoms with Crippen molar-refractivity contribution in [1.82, 2.24) is 20.4 Å². The number of piperidine rings is 1. The van der Waals surface area contributed by atoms with Crippen molar-refractivity contribution < 1.29 is 4.79 Å². The van der Waals surface area contributed by atoms with Crippen LogP contribution in [0.1, 0.15) is 31.7 Å². The van der Waals surface area contributed by atoms with Crippen molar-refractivity contribution in [3.05, 3.63) is 48.3 Å². The topological polar surface area (TPSA) is 59.0 Å². The van der Waals surface area contributed by atoms with Crippen LogP contribution in [0, 0.1) is 11.8 Å². The predicted molar refractivity (Wildman–Crippen MR) is 94.8 cm³/mol. The Balaban J connectivity index is 1.45. The monoisotopic (exact) mass is 326 g/mol. The zero-order valence-electron chi connectivity index (χ0n) is 14.2. The van der Waals surface area contributed by atoms with Gasteiger partial charge in [-0.1, -0.05) is 19.1 Å². The van der Waals surface area contributed by atoms with Gasteiger partial charge in [-0.15, -0.1) is 0 Å². The molecule has 1 saturated heterocycles. The Morgan fingerprint density at radius 2 is 2.08 bits per heavy atom. The fourth-order valence-corrected chi connectivity index (χ4v) is 3.33. The van der Waals surface area contributed by atoms with Gasteiger partial charge in [0.2, 0.25) is 5.91 Å². The first-order valence-electron chi connectivity index (χ1n) is 8.79. The summed E-state index contributed by atoms with van der Waals surface area (Å²) >= 11 is 0. The summed E-state index contributed by atoms with van der Waals surface area (Å²) in [6.07, 6.45) is 6.67. The summed E-state index contributed by atoms with van der Waals surface area (Å²) in [5.74, 6) is 1.27. The van der Waals surface area contributed by atoms with Crippen LogP contribution in [0.3, 0.4) is 0 Å². The van der Waals surface area contributed by atoms with Gasteiger partial charge in [0, 0.05) is 25.4 Å². The molecule has 1 aliphatic heterocycles. The van der Waals surface area contributed by atoms with E-state index >= 15 is 0 Å². The van der Waals surface area contributed by atoms with Gasteiger partial charge in [-0.3, -0.25) is 4.79 Å². The minimum absolute atomic E-state index is 0.150. The molecule has 5 heteroatoms. The van der Waals surface area contributed by atoms with Gasteiger partial charge in [0.25, 0.3) is 0 Å². The number of aromatic nitrogens is 2. The van der Waals surface area contributed by atoms with Gasteiger partial charge in [0.05, 0.1) is 5.69 Å². The van der Waals surface area contributed by atoms with Crippen LogP contribution in [-0.2, 0) is 11.3 Å². The van der Waals surface area contributed by atoms with E-state index in [1.165, 1.54) is 12.8 Å². The molecule has 0 aliphatic carbocycles. The molecule has 2 N–H and O–H groups in total. The number of amides is 1. The molecule has 2 aromatic rings. The third-order valence-corrected chi connectivity index (χ3v) is 4.89. The van der Waals surface area contributed by atoms with Crippen LogP contribution in [0.5, 0.6) is 0 Å². The summed E-state index contributed by atoms with van der Waals surface area (Å²) < 4.78 is 1.82. The largest absolute Gasteiger partial charge is 0.352 e. The molecule has 0 spiro atoms. The molecule has 0 saturated carbocycles. The molecule has 1 aromatic carbocycles. The van der Waals surface area contributed by atoms with Crippen LogP contribution in [0.15, 0.2) is 42.7 Å². The number of carbonyl (C=O) groups excluding carboxylic acids is 1. The maximum Gasteiger partial charge on any atom is 0.220 e. The van der Waals surface area contributed by atoms with Gasteiger partial charge in [0.1, 0.15) is 0 Å². The van der Waals surface area contributed by atoms with Crippen molar-refractivity contribution in [2.45, 2.75) is 32.7 Å². The van der Waals surface area contributed by atoms with Crippen molar-refractivity contribution in [2.75, 3.05) is 13.1 Å². The van der Waals surface area contributed by atoms with Crippen LogP contribution < -0.4 is 10.6 Å². The fourth-order valence-electron chi connectivity index (χ4n) is 3.33. The summed E-state index contributed by atoms with van der Waals surface area (Å²) in [6, 6.07) is 10.0. The van der Waals surface area contributed by atoms with E-state index in [1.54, 1.807) is 6.20 Å². The SMILES string of the molecule is CC(CC(=O)NCc1ccc(-n2cccn2)cc1)C1CCNCC1. The Bertz CT molecular complexity index is 630. The molecule has 24 heavy (non-hydrogen) atoms. The standard InChI is InChI=1S/C19H26N4O/c1-15(17-7-10-20-11-8-17)13-19(24)21-14-16-3-5-18(6-4-16)23-12-2-9-22-23/h2-6,9,12,15,17,20H,7-8,10-11,13-14H2,1H3,(H,21,24). The highest BCUT2D eigenvalue weighted by Gasteiger charge is 2.21. The van der Waals surface area contributed by atoms with Gasteiger partial charge in [-0.05, 0) is 61.5 Å². The van der Waals surface area contributed by atoms with E-state index < -0.39 is 0 Å². The molecule has 1 unspecified atom stereocenters. The fraction of sp³-hybridized carbons (Fsp3) is 0.474. The summed E-state index contributed by atoms with van der Waals surface area (Å²) in [4.78, 5) is 12.2. The lowest BCUT2D eigenvalue weighted by atomic mass is 9.84. The van der Waals surface area contributed by atoms with E-state index in [0.717, 1.165) is 24.3 Å². The maximum absolute atomic E-state index is 12.2. The molecule has 1 fully saturated rings. The second-order valence-corrected chi connectivity index (χ2v) is 6.66. The summed E-state index contributed by atoms with van der Waals surface area (Å²) in [5, 5.41) is 10.6. The third kappa shape index (κ3) is 4.45. The zero-order chi connectivity index (χ0) is 16.8. The Morgan fingerprint density at radius 3 is 2.75 bits per heavy atom. The van der Waals surface area contributed by atoms with Crippen molar-refractivity contribution in [1.29, 1.82) is 0 Å². The molecule has 1 aliphatic rings. The number of hydrogen-bond acceptors (Lipinski definition) is 3. The lowest BCUT2D eigenvalue weighted by molar-refractivity contribution is -0.122. The zero-order valence-corrected chi connectivity index (χ0v) is 14.2. The summed E-state index contributed by atoms with van der Waals surface area (Å²) in [7, 11) is 0. The Kier molecular flexibility index (Phi) is 5.64. The summed E-state index contributed by atoms with van der Waals surface area (Å²) in [6.45, 7) is 4.95. The number of nitrogens with zero attached hydrogens (tertiary/aromatic N) is 2. The molecule has 1 amide bonds.